The number of nitrogens with zero attached hydrogens (tertiary/aromatic N) is 2. The topological polar surface area (TPSA) is 80.6 Å². The quantitative estimate of drug-likeness (QED) is 0.523. The maximum absolute atomic E-state index is 13.8. The van der Waals surface area contributed by atoms with E-state index in [1.165, 1.54) is 0 Å². The molecular weight excluding hydrogens is 478 g/mol. The van der Waals surface area contributed by atoms with Crippen LogP contribution in [0.4, 0.5) is 5.69 Å². The standard InChI is InChI=1S/C28H28ClN3O4/c1-17-13-14-31(15-18-3-4-18)28(35)25(17)32-16-23(19-7-11-22(36-2)12-8-19)24(27(32)34)30-26(33)20-5-9-21(29)10-6-20/h5-14,18,23-24H,3-4,15-16H2,1-2H3,(H,30,33)/t23-,24?/m0/s1. The van der Waals surface area contributed by atoms with E-state index < -0.39 is 6.04 Å². The summed E-state index contributed by atoms with van der Waals surface area (Å²) in [6.45, 7) is 2.78. The van der Waals surface area contributed by atoms with Crippen molar-refractivity contribution in [1.82, 2.24) is 9.88 Å². The highest BCUT2D eigenvalue weighted by Crippen LogP contribution is 2.34. The van der Waals surface area contributed by atoms with E-state index in [0.29, 0.717) is 34.5 Å². The Morgan fingerprint density at radius 1 is 1.06 bits per heavy atom. The van der Waals surface area contributed by atoms with Gasteiger partial charge in [0.1, 0.15) is 17.5 Å². The Hall–Kier alpha value is -3.58. The number of hydrogen-bond donors (Lipinski definition) is 1. The Morgan fingerprint density at radius 2 is 1.75 bits per heavy atom. The lowest BCUT2D eigenvalue weighted by Gasteiger charge is -2.20. The third-order valence-electron chi connectivity index (χ3n) is 7.01. The highest BCUT2D eigenvalue weighted by atomic mass is 35.5. The molecule has 1 aliphatic carbocycles. The van der Waals surface area contributed by atoms with Crippen molar-refractivity contribution in [3.63, 3.8) is 0 Å². The number of ether oxygens (including phenoxy) is 1. The average Bonchev–Trinajstić information content (AvgIpc) is 3.65. The van der Waals surface area contributed by atoms with Crippen LogP contribution in [0.15, 0.2) is 65.6 Å². The van der Waals surface area contributed by atoms with E-state index in [1.807, 2.05) is 37.3 Å². The molecule has 1 saturated heterocycles. The minimum absolute atomic E-state index is 0.173. The van der Waals surface area contributed by atoms with E-state index in [0.717, 1.165) is 24.0 Å². The fraction of sp³-hybridized carbons (Fsp3) is 0.321. The summed E-state index contributed by atoms with van der Waals surface area (Å²) in [6.07, 6.45) is 4.05. The van der Waals surface area contributed by atoms with Crippen LogP contribution in [-0.2, 0) is 11.3 Å². The minimum Gasteiger partial charge on any atom is -0.497 e. The Kier molecular flexibility index (Phi) is 6.58. The maximum Gasteiger partial charge on any atom is 0.274 e. The zero-order chi connectivity index (χ0) is 25.4. The van der Waals surface area contributed by atoms with Gasteiger partial charge in [-0.3, -0.25) is 14.4 Å². The van der Waals surface area contributed by atoms with Crippen LogP contribution >= 0.6 is 11.6 Å². The third-order valence-corrected chi connectivity index (χ3v) is 7.27. The Bertz CT molecular complexity index is 1350. The zero-order valence-electron chi connectivity index (χ0n) is 20.2. The van der Waals surface area contributed by atoms with E-state index >= 15 is 0 Å². The normalized spacial score (nSPS) is 19.4. The predicted octanol–water partition coefficient (Wildman–Crippen LogP) is 4.16. The van der Waals surface area contributed by atoms with E-state index in [-0.39, 0.29) is 29.8 Å². The number of methoxy groups -OCH3 is 1. The number of aromatic nitrogens is 1. The molecule has 7 nitrogen and oxygen atoms in total. The van der Waals surface area contributed by atoms with Crippen molar-refractivity contribution >= 4 is 29.1 Å². The van der Waals surface area contributed by atoms with Gasteiger partial charge in [0.2, 0.25) is 5.91 Å². The number of nitrogens with one attached hydrogen (secondary N) is 1. The molecule has 186 valence electrons. The molecule has 2 atom stereocenters. The highest BCUT2D eigenvalue weighted by Gasteiger charge is 2.44. The summed E-state index contributed by atoms with van der Waals surface area (Å²) < 4.78 is 6.99. The smallest absolute Gasteiger partial charge is 0.274 e. The second-order valence-corrected chi connectivity index (χ2v) is 9.97. The number of halogens is 1. The second-order valence-electron chi connectivity index (χ2n) is 9.53. The number of aryl methyl sites for hydroxylation is 1. The van der Waals surface area contributed by atoms with Crippen molar-refractivity contribution in [2.45, 2.75) is 38.3 Å². The lowest BCUT2D eigenvalue weighted by Crippen LogP contribution is -2.44. The molecule has 8 heteroatoms. The van der Waals surface area contributed by atoms with Crippen LogP contribution in [0.3, 0.4) is 0 Å². The molecule has 1 N–H and O–H groups in total. The molecular formula is C28H28ClN3O4. The molecule has 0 bridgehead atoms. The molecule has 36 heavy (non-hydrogen) atoms. The fourth-order valence-corrected chi connectivity index (χ4v) is 4.90. The molecule has 3 aromatic rings. The SMILES string of the molecule is COc1ccc([C@@H]2CN(c3c(C)ccn(CC4CC4)c3=O)C(=O)C2NC(=O)c2ccc(Cl)cc2)cc1. The van der Waals surface area contributed by atoms with Crippen LogP contribution < -0.4 is 20.5 Å². The maximum atomic E-state index is 13.8. The van der Waals surface area contributed by atoms with Crippen LogP contribution in [0.2, 0.25) is 5.02 Å². The van der Waals surface area contributed by atoms with Gasteiger partial charge < -0.3 is 19.5 Å². The first-order valence-corrected chi connectivity index (χ1v) is 12.5. The van der Waals surface area contributed by atoms with Crippen LogP contribution in [0.1, 0.15) is 40.2 Å². The van der Waals surface area contributed by atoms with Crippen LogP contribution in [-0.4, -0.2) is 36.1 Å². The Morgan fingerprint density at radius 3 is 2.39 bits per heavy atom. The summed E-state index contributed by atoms with van der Waals surface area (Å²) in [5.41, 5.74) is 2.22. The minimum atomic E-state index is -0.836. The van der Waals surface area contributed by atoms with Crippen molar-refractivity contribution < 1.29 is 14.3 Å². The van der Waals surface area contributed by atoms with Gasteiger partial charge in [-0.1, -0.05) is 23.7 Å². The number of benzene rings is 2. The molecule has 0 radical (unpaired) electrons. The molecule has 2 aliphatic rings. The predicted molar refractivity (Wildman–Crippen MR) is 139 cm³/mol. The summed E-state index contributed by atoms with van der Waals surface area (Å²) >= 11 is 5.97. The number of carbonyl (C=O) groups is 2. The number of pyridine rings is 1. The molecule has 2 heterocycles. The first-order valence-electron chi connectivity index (χ1n) is 12.1. The molecule has 1 aromatic heterocycles. The lowest BCUT2D eigenvalue weighted by atomic mass is 9.93. The Balaban J connectivity index is 1.50. The molecule has 1 saturated carbocycles. The van der Waals surface area contributed by atoms with Gasteiger partial charge in [-0.2, -0.15) is 0 Å². The summed E-state index contributed by atoms with van der Waals surface area (Å²) in [7, 11) is 1.59. The van der Waals surface area contributed by atoms with E-state index in [2.05, 4.69) is 5.32 Å². The van der Waals surface area contributed by atoms with Crippen molar-refractivity contribution in [3.05, 3.63) is 92.9 Å². The van der Waals surface area contributed by atoms with Gasteiger partial charge in [-0.15, -0.1) is 0 Å². The highest BCUT2D eigenvalue weighted by molar-refractivity contribution is 6.30. The molecule has 1 aliphatic heterocycles. The summed E-state index contributed by atoms with van der Waals surface area (Å²) in [6, 6.07) is 15.0. The number of rotatable bonds is 7. The molecule has 2 amide bonds. The van der Waals surface area contributed by atoms with Gasteiger partial charge in [-0.05, 0) is 79.3 Å². The van der Waals surface area contributed by atoms with E-state index in [9.17, 15) is 14.4 Å². The van der Waals surface area contributed by atoms with Crippen molar-refractivity contribution in [2.24, 2.45) is 5.92 Å². The number of amides is 2. The average molecular weight is 506 g/mol. The van der Waals surface area contributed by atoms with Crippen LogP contribution in [0.5, 0.6) is 5.75 Å². The Labute approximate surface area is 214 Å². The van der Waals surface area contributed by atoms with Gasteiger partial charge in [0.05, 0.1) is 7.11 Å². The molecule has 2 aromatic carbocycles. The first-order chi connectivity index (χ1) is 17.4. The van der Waals surface area contributed by atoms with Gasteiger partial charge in [-0.25, -0.2) is 0 Å². The molecule has 2 fully saturated rings. The molecule has 1 unspecified atom stereocenters. The summed E-state index contributed by atoms with van der Waals surface area (Å²) in [5, 5.41) is 3.44. The van der Waals surface area contributed by atoms with Crippen molar-refractivity contribution in [3.8, 4) is 5.75 Å². The first kappa shape index (κ1) is 24.1. The lowest BCUT2D eigenvalue weighted by molar-refractivity contribution is -0.118. The van der Waals surface area contributed by atoms with E-state index in [1.54, 1.807) is 47.0 Å². The number of anilines is 1. The fourth-order valence-electron chi connectivity index (χ4n) is 4.77. The monoisotopic (exact) mass is 505 g/mol. The zero-order valence-corrected chi connectivity index (χ0v) is 21.0. The molecule has 0 spiro atoms. The number of carbonyl (C=O) groups excluding carboxylic acids is 2. The van der Waals surface area contributed by atoms with Crippen molar-refractivity contribution in [1.29, 1.82) is 0 Å². The molecule has 5 rings (SSSR count). The van der Waals surface area contributed by atoms with Gasteiger partial charge in [0, 0.05) is 35.8 Å². The van der Waals surface area contributed by atoms with Crippen LogP contribution in [0.25, 0.3) is 0 Å². The summed E-state index contributed by atoms with van der Waals surface area (Å²) in [4.78, 5) is 41.9. The third kappa shape index (κ3) is 4.75. The second kappa shape index (κ2) is 9.82. The number of hydrogen-bond acceptors (Lipinski definition) is 4. The van der Waals surface area contributed by atoms with Gasteiger partial charge in [0.15, 0.2) is 0 Å². The van der Waals surface area contributed by atoms with Crippen molar-refractivity contribution in [2.75, 3.05) is 18.6 Å². The largest absolute Gasteiger partial charge is 0.497 e. The van der Waals surface area contributed by atoms with Crippen LogP contribution in [0, 0.1) is 12.8 Å². The van der Waals surface area contributed by atoms with Gasteiger partial charge >= 0.3 is 0 Å². The van der Waals surface area contributed by atoms with Gasteiger partial charge in [0.25, 0.3) is 11.5 Å². The summed E-state index contributed by atoms with van der Waals surface area (Å²) in [5.74, 6) is 0.189. The van der Waals surface area contributed by atoms with E-state index in [4.69, 9.17) is 16.3 Å².